The molecular formula is C17H20N6O2S. The first kappa shape index (κ1) is 17.9. The summed E-state index contributed by atoms with van der Waals surface area (Å²) in [5.74, 6) is 0.657. The molecule has 3 N–H and O–H groups in total. The number of hydrogen-bond donors (Lipinski definition) is 3. The fourth-order valence-electron chi connectivity index (χ4n) is 2.55. The van der Waals surface area contributed by atoms with Gasteiger partial charge in [0.05, 0.1) is 11.4 Å². The topological polar surface area (TPSA) is 113 Å². The highest BCUT2D eigenvalue weighted by atomic mass is 32.2. The molecule has 0 fully saturated rings. The van der Waals surface area contributed by atoms with Crippen LogP contribution in [-0.2, 0) is 16.4 Å². The van der Waals surface area contributed by atoms with Crippen molar-refractivity contribution in [1.82, 2.24) is 20.4 Å². The Morgan fingerprint density at radius 2 is 1.65 bits per heavy atom. The van der Waals surface area contributed by atoms with Crippen molar-refractivity contribution >= 4 is 27.3 Å². The van der Waals surface area contributed by atoms with E-state index < -0.39 is 10.0 Å². The van der Waals surface area contributed by atoms with Crippen molar-refractivity contribution in [2.75, 3.05) is 10.0 Å². The van der Waals surface area contributed by atoms with Crippen molar-refractivity contribution in [2.45, 2.75) is 32.1 Å². The molecule has 3 aromatic rings. The minimum absolute atomic E-state index is 0.123. The highest BCUT2D eigenvalue weighted by Gasteiger charge is 2.22. The number of hydrogen-bond acceptors (Lipinski definition) is 6. The minimum atomic E-state index is -3.78. The lowest BCUT2D eigenvalue weighted by atomic mass is 10.1. The van der Waals surface area contributed by atoms with E-state index in [1.165, 1.54) is 5.56 Å². The Labute approximate surface area is 152 Å². The van der Waals surface area contributed by atoms with Gasteiger partial charge in [-0.2, -0.15) is 5.10 Å². The third-order valence-corrected chi connectivity index (χ3v) is 5.48. The summed E-state index contributed by atoms with van der Waals surface area (Å²) in [7, 11) is -3.78. The standard InChI is InChI=1S/C17H20N6O2S/c1-4-13-5-7-14(8-6-13)18-15-9-10-16(22-21-15)23-26(24,25)17-11(2)19-20-12(17)3/h5-10H,4H2,1-3H3,(H,18,21)(H,19,20)(H,22,23). The zero-order chi connectivity index (χ0) is 18.7. The van der Waals surface area contributed by atoms with Gasteiger partial charge in [0, 0.05) is 5.69 Å². The van der Waals surface area contributed by atoms with Gasteiger partial charge >= 0.3 is 0 Å². The van der Waals surface area contributed by atoms with Gasteiger partial charge in [0.2, 0.25) is 0 Å². The summed E-state index contributed by atoms with van der Waals surface area (Å²) in [6, 6.07) is 11.2. The van der Waals surface area contributed by atoms with Crippen LogP contribution >= 0.6 is 0 Å². The average molecular weight is 372 g/mol. The molecule has 136 valence electrons. The number of anilines is 3. The molecule has 0 saturated carbocycles. The maximum atomic E-state index is 12.5. The van der Waals surface area contributed by atoms with Crippen molar-refractivity contribution in [3.05, 3.63) is 53.3 Å². The highest BCUT2D eigenvalue weighted by molar-refractivity contribution is 7.92. The van der Waals surface area contributed by atoms with Crippen LogP contribution in [0.15, 0.2) is 41.3 Å². The maximum absolute atomic E-state index is 12.5. The molecule has 1 aromatic carbocycles. The van der Waals surface area contributed by atoms with Crippen LogP contribution in [0.4, 0.5) is 17.3 Å². The molecular weight excluding hydrogens is 352 g/mol. The number of rotatable bonds is 6. The van der Waals surface area contributed by atoms with Gasteiger partial charge < -0.3 is 5.32 Å². The van der Waals surface area contributed by atoms with Crippen molar-refractivity contribution in [1.29, 1.82) is 0 Å². The molecule has 0 aliphatic carbocycles. The van der Waals surface area contributed by atoms with Gasteiger partial charge in [0.25, 0.3) is 10.0 Å². The van der Waals surface area contributed by atoms with Crippen molar-refractivity contribution in [3.63, 3.8) is 0 Å². The molecule has 0 amide bonds. The van der Waals surface area contributed by atoms with Gasteiger partial charge in [0.15, 0.2) is 11.6 Å². The summed E-state index contributed by atoms with van der Waals surface area (Å²) < 4.78 is 27.4. The highest BCUT2D eigenvalue weighted by Crippen LogP contribution is 2.21. The molecule has 0 unspecified atom stereocenters. The van der Waals surface area contributed by atoms with Crippen LogP contribution in [0.1, 0.15) is 23.9 Å². The number of nitrogens with one attached hydrogen (secondary N) is 3. The number of sulfonamides is 1. The molecule has 0 radical (unpaired) electrons. The monoisotopic (exact) mass is 372 g/mol. The van der Waals surface area contributed by atoms with Gasteiger partial charge in [-0.15, -0.1) is 10.2 Å². The van der Waals surface area contributed by atoms with Crippen molar-refractivity contribution in [3.8, 4) is 0 Å². The molecule has 0 atom stereocenters. The fraction of sp³-hybridized carbons (Fsp3) is 0.235. The minimum Gasteiger partial charge on any atom is -0.339 e. The molecule has 2 heterocycles. The first-order valence-electron chi connectivity index (χ1n) is 8.13. The molecule has 0 aliphatic heterocycles. The summed E-state index contributed by atoms with van der Waals surface area (Å²) in [4.78, 5) is 0.123. The fourth-order valence-corrected chi connectivity index (χ4v) is 3.92. The number of nitrogens with zero attached hydrogens (tertiary/aromatic N) is 3. The Bertz CT molecular complexity index is 975. The molecule has 0 spiro atoms. The van der Waals surface area contributed by atoms with Crippen LogP contribution in [0.25, 0.3) is 0 Å². The van der Waals surface area contributed by atoms with E-state index in [1.54, 1.807) is 26.0 Å². The molecule has 26 heavy (non-hydrogen) atoms. The van der Waals surface area contributed by atoms with Crippen LogP contribution in [0.5, 0.6) is 0 Å². The number of H-pyrrole nitrogens is 1. The van der Waals surface area contributed by atoms with Crippen LogP contribution in [-0.4, -0.2) is 28.8 Å². The second-order valence-corrected chi connectivity index (χ2v) is 7.47. The second kappa shape index (κ2) is 7.12. The third kappa shape index (κ3) is 3.83. The molecule has 0 saturated heterocycles. The Balaban J connectivity index is 1.73. The largest absolute Gasteiger partial charge is 0.339 e. The van der Waals surface area contributed by atoms with Crippen LogP contribution in [0, 0.1) is 13.8 Å². The lowest BCUT2D eigenvalue weighted by molar-refractivity contribution is 0.600. The first-order valence-corrected chi connectivity index (χ1v) is 9.61. The van der Waals surface area contributed by atoms with Crippen LogP contribution in [0.2, 0.25) is 0 Å². The van der Waals surface area contributed by atoms with Crippen LogP contribution in [0.3, 0.4) is 0 Å². The van der Waals surface area contributed by atoms with E-state index in [0.717, 1.165) is 12.1 Å². The Kier molecular flexibility index (Phi) is 4.90. The summed E-state index contributed by atoms with van der Waals surface area (Å²) >= 11 is 0. The van der Waals surface area contributed by atoms with E-state index in [1.807, 2.05) is 24.3 Å². The van der Waals surface area contributed by atoms with Gasteiger partial charge in [-0.25, -0.2) is 8.42 Å². The van der Waals surface area contributed by atoms with Gasteiger partial charge in [-0.3, -0.25) is 9.82 Å². The van der Waals surface area contributed by atoms with Gasteiger partial charge in [-0.1, -0.05) is 19.1 Å². The Morgan fingerprint density at radius 3 is 2.19 bits per heavy atom. The molecule has 3 rings (SSSR count). The number of aromatic amines is 1. The van der Waals surface area contributed by atoms with Gasteiger partial charge in [-0.05, 0) is 50.1 Å². The normalized spacial score (nSPS) is 11.3. The zero-order valence-corrected chi connectivity index (χ0v) is 15.6. The van der Waals surface area contributed by atoms with E-state index in [9.17, 15) is 8.42 Å². The first-order chi connectivity index (χ1) is 12.4. The molecule has 0 aliphatic rings. The van der Waals surface area contributed by atoms with E-state index in [-0.39, 0.29) is 10.7 Å². The van der Waals surface area contributed by atoms with Crippen molar-refractivity contribution < 1.29 is 8.42 Å². The van der Waals surface area contributed by atoms with Gasteiger partial charge in [0.1, 0.15) is 4.90 Å². The summed E-state index contributed by atoms with van der Waals surface area (Å²) in [6.07, 6.45) is 0.977. The summed E-state index contributed by atoms with van der Waals surface area (Å²) in [5.41, 5.74) is 3.00. The number of benzene rings is 1. The zero-order valence-electron chi connectivity index (χ0n) is 14.7. The summed E-state index contributed by atoms with van der Waals surface area (Å²) in [5, 5.41) is 17.6. The third-order valence-electron chi connectivity index (χ3n) is 3.87. The SMILES string of the molecule is CCc1ccc(Nc2ccc(NS(=O)(=O)c3c(C)n[nH]c3C)nn2)cc1. The summed E-state index contributed by atoms with van der Waals surface area (Å²) in [6.45, 7) is 5.37. The average Bonchev–Trinajstić information content (AvgIpc) is 2.96. The van der Waals surface area contributed by atoms with E-state index in [0.29, 0.717) is 17.2 Å². The molecule has 8 nitrogen and oxygen atoms in total. The smallest absolute Gasteiger partial charge is 0.266 e. The van der Waals surface area contributed by atoms with E-state index >= 15 is 0 Å². The predicted octanol–water partition coefficient (Wildman–Crippen LogP) is 2.92. The quantitative estimate of drug-likeness (QED) is 0.613. The molecule has 9 heteroatoms. The Hall–Kier alpha value is -2.94. The van der Waals surface area contributed by atoms with E-state index in [2.05, 4.69) is 37.4 Å². The Morgan fingerprint density at radius 1 is 1.00 bits per heavy atom. The van der Waals surface area contributed by atoms with Crippen molar-refractivity contribution in [2.24, 2.45) is 0 Å². The molecule has 2 aromatic heterocycles. The second-order valence-electron chi connectivity index (χ2n) is 5.85. The lowest BCUT2D eigenvalue weighted by Gasteiger charge is -2.09. The van der Waals surface area contributed by atoms with E-state index in [4.69, 9.17) is 0 Å². The number of aromatic nitrogens is 4. The maximum Gasteiger partial charge on any atom is 0.266 e. The predicted molar refractivity (Wildman–Crippen MR) is 100 cm³/mol. The lowest BCUT2D eigenvalue weighted by Crippen LogP contribution is -2.16. The molecule has 0 bridgehead atoms. The van der Waals surface area contributed by atoms with Crippen LogP contribution < -0.4 is 10.0 Å². The number of aryl methyl sites for hydroxylation is 3.